The van der Waals surface area contributed by atoms with Gasteiger partial charge in [0, 0.05) is 13.7 Å². The van der Waals surface area contributed by atoms with Gasteiger partial charge in [0.15, 0.2) is 0 Å². The van der Waals surface area contributed by atoms with Crippen LogP contribution in [0, 0.1) is 5.82 Å². The van der Waals surface area contributed by atoms with E-state index >= 15 is 0 Å². The summed E-state index contributed by atoms with van der Waals surface area (Å²) in [5.41, 5.74) is 5.56. The number of unbranched alkanes of at least 4 members (excludes halogenated alkanes) is 1. The number of esters is 1. The van der Waals surface area contributed by atoms with Gasteiger partial charge in [-0.15, -0.1) is 0 Å². The highest BCUT2D eigenvalue weighted by Gasteiger charge is 2.09. The van der Waals surface area contributed by atoms with Gasteiger partial charge in [-0.05, 0) is 31.0 Å². The summed E-state index contributed by atoms with van der Waals surface area (Å²) in [7, 11) is 1.62. The molecule has 0 bridgehead atoms. The van der Waals surface area contributed by atoms with Crippen molar-refractivity contribution in [2.45, 2.75) is 12.8 Å². The first kappa shape index (κ1) is 13.4. The lowest BCUT2D eigenvalue weighted by atomic mass is 10.2. The van der Waals surface area contributed by atoms with Crippen LogP contribution in [0.15, 0.2) is 18.2 Å². The molecule has 0 amide bonds. The Kier molecular flexibility index (Phi) is 5.42. The van der Waals surface area contributed by atoms with Crippen LogP contribution in [0.25, 0.3) is 0 Å². The SMILES string of the molecule is COCCCCOC(=O)c1ccc(F)c(N)c1. The molecule has 0 atom stereocenters. The zero-order valence-electron chi connectivity index (χ0n) is 9.74. The van der Waals surface area contributed by atoms with Crippen LogP contribution in [0.2, 0.25) is 0 Å². The summed E-state index contributed by atoms with van der Waals surface area (Å²) in [5, 5.41) is 0. The Hall–Kier alpha value is -1.62. The molecule has 0 aliphatic rings. The number of benzene rings is 1. The molecule has 1 rings (SSSR count). The van der Waals surface area contributed by atoms with Gasteiger partial charge >= 0.3 is 5.97 Å². The van der Waals surface area contributed by atoms with E-state index in [4.69, 9.17) is 15.2 Å². The summed E-state index contributed by atoms with van der Waals surface area (Å²) in [5.74, 6) is -1.03. The lowest BCUT2D eigenvalue weighted by molar-refractivity contribution is 0.0489. The average molecular weight is 241 g/mol. The summed E-state index contributed by atoms with van der Waals surface area (Å²) in [6.45, 7) is 0.959. The highest BCUT2D eigenvalue weighted by Crippen LogP contribution is 2.13. The summed E-state index contributed by atoms with van der Waals surface area (Å²) in [4.78, 5) is 11.5. The standard InChI is InChI=1S/C12H16FNO3/c1-16-6-2-3-7-17-12(15)9-4-5-10(13)11(14)8-9/h4-5,8H,2-3,6-7,14H2,1H3. The summed E-state index contributed by atoms with van der Waals surface area (Å²) >= 11 is 0. The molecule has 94 valence electrons. The fourth-order valence-corrected chi connectivity index (χ4v) is 1.27. The van der Waals surface area contributed by atoms with Gasteiger partial charge in [-0.3, -0.25) is 0 Å². The quantitative estimate of drug-likeness (QED) is 0.470. The van der Waals surface area contributed by atoms with Gasteiger partial charge in [0.05, 0.1) is 17.9 Å². The zero-order chi connectivity index (χ0) is 12.7. The number of nitrogens with two attached hydrogens (primary N) is 1. The molecule has 1 aromatic rings. The molecular formula is C12H16FNO3. The summed E-state index contributed by atoms with van der Waals surface area (Å²) in [6.07, 6.45) is 1.56. The molecule has 1 aromatic carbocycles. The number of anilines is 1. The molecule has 0 aliphatic carbocycles. The van der Waals surface area contributed by atoms with E-state index < -0.39 is 11.8 Å². The third kappa shape index (κ3) is 4.40. The second-order valence-electron chi connectivity index (χ2n) is 3.57. The molecule has 4 nitrogen and oxygen atoms in total. The molecule has 0 aromatic heterocycles. The van der Waals surface area contributed by atoms with Gasteiger partial charge in [0.25, 0.3) is 0 Å². The van der Waals surface area contributed by atoms with E-state index in [2.05, 4.69) is 0 Å². The van der Waals surface area contributed by atoms with Gasteiger partial charge in [-0.2, -0.15) is 0 Å². The Morgan fingerprint density at radius 3 is 2.71 bits per heavy atom. The first-order valence-electron chi connectivity index (χ1n) is 5.36. The molecule has 0 fully saturated rings. The predicted octanol–water partition coefficient (Wildman–Crippen LogP) is 1.99. The summed E-state index contributed by atoms with van der Waals surface area (Å²) in [6, 6.07) is 3.77. The van der Waals surface area contributed by atoms with Crippen LogP contribution in [0.5, 0.6) is 0 Å². The van der Waals surface area contributed by atoms with Gasteiger partial charge in [-0.25, -0.2) is 9.18 Å². The number of ether oxygens (including phenoxy) is 2. The van der Waals surface area contributed by atoms with Crippen LogP contribution in [0.4, 0.5) is 10.1 Å². The predicted molar refractivity (Wildman–Crippen MR) is 62.2 cm³/mol. The molecule has 0 aliphatic heterocycles. The Morgan fingerprint density at radius 1 is 1.35 bits per heavy atom. The maximum absolute atomic E-state index is 12.9. The third-order valence-corrected chi connectivity index (χ3v) is 2.21. The number of halogens is 1. The van der Waals surface area contributed by atoms with Crippen molar-refractivity contribution in [1.82, 2.24) is 0 Å². The second kappa shape index (κ2) is 6.85. The zero-order valence-corrected chi connectivity index (χ0v) is 9.74. The average Bonchev–Trinajstić information content (AvgIpc) is 2.32. The molecule has 17 heavy (non-hydrogen) atoms. The minimum Gasteiger partial charge on any atom is -0.462 e. The Bertz CT molecular complexity index is 382. The van der Waals surface area contributed by atoms with Crippen LogP contribution >= 0.6 is 0 Å². The molecule has 0 heterocycles. The highest BCUT2D eigenvalue weighted by molar-refractivity contribution is 5.90. The van der Waals surface area contributed by atoms with E-state index in [1.165, 1.54) is 12.1 Å². The van der Waals surface area contributed by atoms with Crippen LogP contribution in [0.1, 0.15) is 23.2 Å². The molecule has 0 spiro atoms. The molecule has 0 radical (unpaired) electrons. The maximum atomic E-state index is 12.9. The Balaban J connectivity index is 2.39. The van der Waals surface area contributed by atoms with Crippen molar-refractivity contribution < 1.29 is 18.7 Å². The summed E-state index contributed by atoms with van der Waals surface area (Å²) < 4.78 is 22.7. The van der Waals surface area contributed by atoms with Crippen molar-refractivity contribution in [3.8, 4) is 0 Å². The van der Waals surface area contributed by atoms with Gasteiger partial charge in [-0.1, -0.05) is 0 Å². The van der Waals surface area contributed by atoms with Crippen molar-refractivity contribution >= 4 is 11.7 Å². The minimum absolute atomic E-state index is 0.0566. The van der Waals surface area contributed by atoms with Crippen LogP contribution in [-0.2, 0) is 9.47 Å². The lowest BCUT2D eigenvalue weighted by Gasteiger charge is -2.05. The first-order valence-corrected chi connectivity index (χ1v) is 5.36. The van der Waals surface area contributed by atoms with Crippen molar-refractivity contribution in [2.24, 2.45) is 0 Å². The van der Waals surface area contributed by atoms with E-state index in [1.807, 2.05) is 0 Å². The van der Waals surface area contributed by atoms with Crippen molar-refractivity contribution in [3.05, 3.63) is 29.6 Å². The highest BCUT2D eigenvalue weighted by atomic mass is 19.1. The Morgan fingerprint density at radius 2 is 2.06 bits per heavy atom. The number of hydrogen-bond donors (Lipinski definition) is 1. The number of hydrogen-bond acceptors (Lipinski definition) is 4. The number of carbonyl (C=O) groups is 1. The second-order valence-corrected chi connectivity index (χ2v) is 3.57. The molecule has 0 saturated heterocycles. The van der Waals surface area contributed by atoms with Crippen LogP contribution < -0.4 is 5.73 Å². The van der Waals surface area contributed by atoms with E-state index in [9.17, 15) is 9.18 Å². The normalized spacial score (nSPS) is 10.2. The number of carbonyl (C=O) groups excluding carboxylic acids is 1. The van der Waals surface area contributed by atoms with Crippen molar-refractivity contribution in [2.75, 3.05) is 26.1 Å². The van der Waals surface area contributed by atoms with E-state index in [-0.39, 0.29) is 11.3 Å². The molecule has 0 unspecified atom stereocenters. The number of methoxy groups -OCH3 is 1. The smallest absolute Gasteiger partial charge is 0.338 e. The van der Waals surface area contributed by atoms with Crippen molar-refractivity contribution in [3.63, 3.8) is 0 Å². The van der Waals surface area contributed by atoms with Crippen molar-refractivity contribution in [1.29, 1.82) is 0 Å². The topological polar surface area (TPSA) is 61.5 Å². The van der Waals surface area contributed by atoms with Gasteiger partial charge in [0.2, 0.25) is 0 Å². The number of nitrogen functional groups attached to an aromatic ring is 1. The maximum Gasteiger partial charge on any atom is 0.338 e. The van der Waals surface area contributed by atoms with Gasteiger partial charge in [0.1, 0.15) is 5.82 Å². The van der Waals surface area contributed by atoms with E-state index in [1.54, 1.807) is 7.11 Å². The van der Waals surface area contributed by atoms with E-state index in [0.29, 0.717) is 13.2 Å². The first-order chi connectivity index (χ1) is 8.15. The molecule has 0 saturated carbocycles. The molecule has 2 N–H and O–H groups in total. The van der Waals surface area contributed by atoms with Gasteiger partial charge < -0.3 is 15.2 Å². The van der Waals surface area contributed by atoms with Crippen LogP contribution in [-0.4, -0.2) is 26.3 Å². The van der Waals surface area contributed by atoms with E-state index in [0.717, 1.165) is 18.9 Å². The minimum atomic E-state index is -0.540. The molecular weight excluding hydrogens is 225 g/mol. The fraction of sp³-hybridized carbons (Fsp3) is 0.417. The monoisotopic (exact) mass is 241 g/mol. The largest absolute Gasteiger partial charge is 0.462 e. The lowest BCUT2D eigenvalue weighted by Crippen LogP contribution is -2.08. The number of rotatable bonds is 6. The third-order valence-electron chi connectivity index (χ3n) is 2.21. The fourth-order valence-electron chi connectivity index (χ4n) is 1.27. The van der Waals surface area contributed by atoms with Crippen LogP contribution in [0.3, 0.4) is 0 Å². The molecule has 5 heteroatoms. The Labute approximate surface area is 99.5 Å².